The van der Waals surface area contributed by atoms with E-state index in [1.165, 1.54) is 0 Å². The molecule has 88 valence electrons. The molecule has 1 aromatic heterocycles. The van der Waals surface area contributed by atoms with Gasteiger partial charge in [-0.25, -0.2) is 0 Å². The molecule has 0 fully saturated rings. The van der Waals surface area contributed by atoms with Gasteiger partial charge in [-0.3, -0.25) is 9.89 Å². The molecule has 0 saturated carbocycles. The summed E-state index contributed by atoms with van der Waals surface area (Å²) in [5.41, 5.74) is 2.62. The number of carbonyl (C=O) groups excluding carboxylic acids is 1. The monoisotopic (exact) mass is 294 g/mol. The number of carbonyl (C=O) groups is 1. The number of aromatic nitrogens is 2. The minimum atomic E-state index is -0.343. The predicted molar refractivity (Wildman–Crippen MR) is 67.3 cm³/mol. The van der Waals surface area contributed by atoms with Crippen LogP contribution in [-0.4, -0.2) is 16.7 Å². The molecule has 0 bridgehead atoms. The van der Waals surface area contributed by atoms with E-state index in [9.17, 15) is 4.79 Å². The van der Waals surface area contributed by atoms with Crippen LogP contribution in [0.4, 0.5) is 0 Å². The van der Waals surface area contributed by atoms with Gasteiger partial charge in [-0.2, -0.15) is 5.10 Å². The molecule has 2 rings (SSSR count). The van der Waals surface area contributed by atoms with Crippen LogP contribution in [0.3, 0.4) is 0 Å². The predicted octanol–water partition coefficient (Wildman–Crippen LogP) is 3.07. The number of aromatic amines is 1. The lowest BCUT2D eigenvalue weighted by Gasteiger charge is -2.03. The minimum Gasteiger partial charge on any atom is -0.458 e. The summed E-state index contributed by atoms with van der Waals surface area (Å²) in [6.07, 6.45) is -0.343. The van der Waals surface area contributed by atoms with E-state index in [4.69, 9.17) is 4.74 Å². The van der Waals surface area contributed by atoms with E-state index >= 15 is 0 Å². The van der Waals surface area contributed by atoms with Crippen LogP contribution in [0.1, 0.15) is 18.7 Å². The average molecular weight is 295 g/mol. The Labute approximate surface area is 107 Å². The highest BCUT2D eigenvalue weighted by Crippen LogP contribution is 2.24. The van der Waals surface area contributed by atoms with E-state index in [1.54, 1.807) is 6.92 Å². The maximum Gasteiger partial charge on any atom is 0.293 e. The van der Waals surface area contributed by atoms with Crippen LogP contribution in [0.2, 0.25) is 0 Å². The van der Waals surface area contributed by atoms with Gasteiger partial charge in [0.2, 0.25) is 0 Å². The number of hydrogen-bond acceptors (Lipinski definition) is 3. The number of halogens is 1. The van der Waals surface area contributed by atoms with Crippen molar-refractivity contribution in [2.75, 3.05) is 0 Å². The number of benzene rings is 1. The lowest BCUT2D eigenvalue weighted by Crippen LogP contribution is -1.97. The van der Waals surface area contributed by atoms with E-state index in [0.29, 0.717) is 12.2 Å². The molecule has 17 heavy (non-hydrogen) atoms. The van der Waals surface area contributed by atoms with E-state index in [2.05, 4.69) is 26.1 Å². The Hall–Kier alpha value is -1.62. The van der Waals surface area contributed by atoms with Crippen molar-refractivity contribution in [1.82, 2.24) is 10.2 Å². The molecule has 0 aliphatic carbocycles. The molecule has 1 unspecified atom stereocenters. The fourth-order valence-corrected chi connectivity index (χ4v) is 1.90. The summed E-state index contributed by atoms with van der Waals surface area (Å²) in [6, 6.07) is 9.75. The zero-order valence-corrected chi connectivity index (χ0v) is 10.8. The highest BCUT2D eigenvalue weighted by Gasteiger charge is 2.11. The summed E-state index contributed by atoms with van der Waals surface area (Å²) in [6.45, 7) is 2.20. The Morgan fingerprint density at radius 2 is 2.29 bits per heavy atom. The summed E-state index contributed by atoms with van der Waals surface area (Å²) >= 11 is 3.41. The van der Waals surface area contributed by atoms with Crippen LogP contribution in [-0.2, 0) is 9.53 Å². The van der Waals surface area contributed by atoms with Crippen molar-refractivity contribution >= 4 is 22.4 Å². The van der Waals surface area contributed by atoms with E-state index < -0.39 is 0 Å². The average Bonchev–Trinajstić information content (AvgIpc) is 2.78. The van der Waals surface area contributed by atoms with E-state index in [0.717, 1.165) is 15.7 Å². The van der Waals surface area contributed by atoms with Crippen LogP contribution < -0.4 is 0 Å². The zero-order chi connectivity index (χ0) is 12.3. The van der Waals surface area contributed by atoms with Crippen molar-refractivity contribution in [2.24, 2.45) is 0 Å². The maximum absolute atomic E-state index is 10.2. The van der Waals surface area contributed by atoms with Crippen LogP contribution in [0.25, 0.3) is 11.3 Å². The first-order valence-corrected chi connectivity index (χ1v) is 5.90. The highest BCUT2D eigenvalue weighted by atomic mass is 79.9. The molecule has 1 N–H and O–H groups in total. The molecule has 0 radical (unpaired) electrons. The van der Waals surface area contributed by atoms with Crippen molar-refractivity contribution < 1.29 is 9.53 Å². The second kappa shape index (κ2) is 5.14. The molecule has 0 spiro atoms. The van der Waals surface area contributed by atoms with Gasteiger partial charge in [-0.15, -0.1) is 0 Å². The van der Waals surface area contributed by atoms with Crippen molar-refractivity contribution in [3.05, 3.63) is 40.5 Å². The van der Waals surface area contributed by atoms with Gasteiger partial charge in [0.05, 0.1) is 5.69 Å². The molecule has 2 aromatic rings. The minimum absolute atomic E-state index is 0.343. The Morgan fingerprint density at radius 1 is 1.47 bits per heavy atom. The van der Waals surface area contributed by atoms with Gasteiger partial charge in [-0.1, -0.05) is 28.1 Å². The van der Waals surface area contributed by atoms with Gasteiger partial charge < -0.3 is 4.74 Å². The summed E-state index contributed by atoms with van der Waals surface area (Å²) in [5.74, 6) is 0. The third kappa shape index (κ3) is 2.74. The first kappa shape index (κ1) is 11.9. The normalized spacial score (nSPS) is 12.1. The maximum atomic E-state index is 10.2. The molecule has 0 saturated heterocycles. The quantitative estimate of drug-likeness (QED) is 0.882. The van der Waals surface area contributed by atoms with E-state index in [1.807, 2.05) is 30.3 Å². The van der Waals surface area contributed by atoms with Gasteiger partial charge in [0.1, 0.15) is 11.8 Å². The van der Waals surface area contributed by atoms with Gasteiger partial charge in [0, 0.05) is 10.0 Å². The Balaban J connectivity index is 2.26. The Morgan fingerprint density at radius 3 is 3.00 bits per heavy atom. The molecule has 0 amide bonds. The Kier molecular flexibility index (Phi) is 3.58. The SMILES string of the molecule is CC(OC=O)c1cc(-c2cccc(Br)c2)[nH]n1. The smallest absolute Gasteiger partial charge is 0.293 e. The van der Waals surface area contributed by atoms with Gasteiger partial charge in [-0.05, 0) is 25.1 Å². The highest BCUT2D eigenvalue weighted by molar-refractivity contribution is 9.10. The third-order valence-electron chi connectivity index (χ3n) is 2.41. The van der Waals surface area contributed by atoms with Crippen LogP contribution in [0.15, 0.2) is 34.8 Å². The topological polar surface area (TPSA) is 55.0 Å². The number of H-pyrrole nitrogens is 1. The van der Waals surface area contributed by atoms with E-state index in [-0.39, 0.29) is 6.10 Å². The van der Waals surface area contributed by atoms with Gasteiger partial charge in [0.15, 0.2) is 0 Å². The van der Waals surface area contributed by atoms with Gasteiger partial charge in [0.25, 0.3) is 6.47 Å². The van der Waals surface area contributed by atoms with Crippen molar-refractivity contribution in [1.29, 1.82) is 0 Å². The van der Waals surface area contributed by atoms with Crippen molar-refractivity contribution in [3.63, 3.8) is 0 Å². The lowest BCUT2D eigenvalue weighted by atomic mass is 10.1. The summed E-state index contributed by atoms with van der Waals surface area (Å²) in [7, 11) is 0. The van der Waals surface area contributed by atoms with Gasteiger partial charge >= 0.3 is 0 Å². The molecule has 1 aromatic carbocycles. The second-order valence-corrected chi connectivity index (χ2v) is 4.51. The van der Waals surface area contributed by atoms with Crippen LogP contribution in [0.5, 0.6) is 0 Å². The molecular weight excluding hydrogens is 284 g/mol. The number of nitrogens with one attached hydrogen (secondary N) is 1. The number of nitrogens with zero attached hydrogens (tertiary/aromatic N) is 1. The van der Waals surface area contributed by atoms with Crippen LogP contribution in [0, 0.1) is 0 Å². The van der Waals surface area contributed by atoms with Crippen molar-refractivity contribution in [3.8, 4) is 11.3 Å². The second-order valence-electron chi connectivity index (χ2n) is 3.59. The summed E-state index contributed by atoms with van der Waals surface area (Å²) in [4.78, 5) is 10.2. The molecule has 0 aliphatic rings. The number of hydrogen-bond donors (Lipinski definition) is 1. The first-order chi connectivity index (χ1) is 8.20. The molecule has 4 nitrogen and oxygen atoms in total. The molecule has 1 atom stereocenters. The molecular formula is C12H11BrN2O2. The summed E-state index contributed by atoms with van der Waals surface area (Å²) < 4.78 is 5.83. The fraction of sp³-hybridized carbons (Fsp3) is 0.167. The Bertz CT molecular complexity index is 525. The van der Waals surface area contributed by atoms with Crippen LogP contribution >= 0.6 is 15.9 Å². The van der Waals surface area contributed by atoms with Crippen molar-refractivity contribution in [2.45, 2.75) is 13.0 Å². The largest absolute Gasteiger partial charge is 0.458 e. The summed E-state index contributed by atoms with van der Waals surface area (Å²) in [5, 5.41) is 7.04. The number of rotatable bonds is 4. The zero-order valence-electron chi connectivity index (χ0n) is 9.18. The molecule has 1 heterocycles. The lowest BCUT2D eigenvalue weighted by molar-refractivity contribution is -0.133. The third-order valence-corrected chi connectivity index (χ3v) is 2.90. The first-order valence-electron chi connectivity index (χ1n) is 5.11. The molecule has 0 aliphatic heterocycles. The standard InChI is InChI=1S/C12H11BrN2O2/c1-8(17-7-16)11-6-12(15-14-11)9-3-2-4-10(13)5-9/h2-8H,1H3,(H,14,15). The molecule has 5 heteroatoms. The number of ether oxygens (including phenoxy) is 1. The fourth-order valence-electron chi connectivity index (χ4n) is 1.50.